The average Bonchev–Trinajstić information content (AvgIpc) is 2.34. The molecule has 0 aliphatic heterocycles. The molecule has 1 aromatic rings. The molecule has 0 saturated carbocycles. The lowest BCUT2D eigenvalue weighted by Gasteiger charge is -2.21. The molecule has 0 spiro atoms. The molecular formula is C14H18Cl2N2O2. The highest BCUT2D eigenvalue weighted by Crippen LogP contribution is 2.20. The van der Waals surface area contributed by atoms with E-state index in [1.165, 1.54) is 6.92 Å². The van der Waals surface area contributed by atoms with Crippen molar-refractivity contribution < 1.29 is 9.59 Å². The van der Waals surface area contributed by atoms with Crippen LogP contribution in [-0.4, -0.2) is 17.9 Å². The van der Waals surface area contributed by atoms with Crippen molar-refractivity contribution in [2.75, 3.05) is 0 Å². The molecule has 0 radical (unpaired) electrons. The maximum atomic E-state index is 12.1. The summed E-state index contributed by atoms with van der Waals surface area (Å²) in [6, 6.07) is 4.54. The predicted molar refractivity (Wildman–Crippen MR) is 80.8 cm³/mol. The van der Waals surface area contributed by atoms with E-state index in [-0.39, 0.29) is 24.3 Å². The molecule has 0 heterocycles. The minimum atomic E-state index is -0.557. The van der Waals surface area contributed by atoms with E-state index in [1.54, 1.807) is 18.2 Å². The lowest BCUT2D eigenvalue weighted by molar-refractivity contribution is -0.129. The Labute approximate surface area is 128 Å². The lowest BCUT2D eigenvalue weighted by atomic mass is 10.0. The van der Waals surface area contributed by atoms with Crippen LogP contribution in [0.5, 0.6) is 0 Å². The second-order valence-electron chi connectivity index (χ2n) is 4.88. The fourth-order valence-electron chi connectivity index (χ4n) is 1.71. The maximum Gasteiger partial charge on any atom is 0.243 e. The van der Waals surface area contributed by atoms with Crippen LogP contribution >= 0.6 is 23.2 Å². The van der Waals surface area contributed by atoms with Crippen molar-refractivity contribution >= 4 is 35.0 Å². The van der Waals surface area contributed by atoms with Crippen LogP contribution < -0.4 is 10.6 Å². The molecule has 1 rings (SSSR count). The van der Waals surface area contributed by atoms with Crippen molar-refractivity contribution in [2.24, 2.45) is 5.92 Å². The standard InChI is InChI=1S/C14H18Cl2N2O2/c1-8(2)13(18-9(3)19)14(20)17-7-10-4-5-11(15)6-12(10)16/h4-6,8,13H,7H2,1-3H3,(H,17,20)(H,18,19)/t13-/m0/s1. The quantitative estimate of drug-likeness (QED) is 0.877. The van der Waals surface area contributed by atoms with Crippen LogP contribution in [0.25, 0.3) is 0 Å². The molecule has 4 nitrogen and oxygen atoms in total. The van der Waals surface area contributed by atoms with Crippen molar-refractivity contribution in [3.63, 3.8) is 0 Å². The normalized spacial score (nSPS) is 12.1. The second kappa shape index (κ2) is 7.50. The highest BCUT2D eigenvalue weighted by molar-refractivity contribution is 6.35. The van der Waals surface area contributed by atoms with Crippen molar-refractivity contribution in [3.05, 3.63) is 33.8 Å². The maximum absolute atomic E-state index is 12.1. The first kappa shape index (κ1) is 16.8. The molecule has 0 unspecified atom stereocenters. The number of carbonyl (C=O) groups excluding carboxylic acids is 2. The summed E-state index contributed by atoms with van der Waals surface area (Å²) in [4.78, 5) is 23.2. The Balaban J connectivity index is 2.67. The van der Waals surface area contributed by atoms with Gasteiger partial charge in [0.2, 0.25) is 11.8 Å². The minimum absolute atomic E-state index is 0.000380. The molecule has 0 fully saturated rings. The first-order valence-electron chi connectivity index (χ1n) is 6.30. The highest BCUT2D eigenvalue weighted by Gasteiger charge is 2.22. The molecule has 1 aromatic carbocycles. The third kappa shape index (κ3) is 5.02. The van der Waals surface area contributed by atoms with Gasteiger partial charge in [0.1, 0.15) is 6.04 Å². The van der Waals surface area contributed by atoms with Crippen molar-refractivity contribution in [1.29, 1.82) is 0 Å². The van der Waals surface area contributed by atoms with Gasteiger partial charge < -0.3 is 10.6 Å². The van der Waals surface area contributed by atoms with E-state index in [4.69, 9.17) is 23.2 Å². The van der Waals surface area contributed by atoms with Crippen LogP contribution in [-0.2, 0) is 16.1 Å². The summed E-state index contributed by atoms with van der Waals surface area (Å²) in [5, 5.41) is 6.44. The number of carbonyl (C=O) groups is 2. The fourth-order valence-corrected chi connectivity index (χ4v) is 2.19. The zero-order chi connectivity index (χ0) is 15.3. The van der Waals surface area contributed by atoms with Gasteiger partial charge in [-0.1, -0.05) is 43.1 Å². The van der Waals surface area contributed by atoms with Crippen molar-refractivity contribution in [1.82, 2.24) is 10.6 Å². The monoisotopic (exact) mass is 316 g/mol. The number of hydrogen-bond acceptors (Lipinski definition) is 2. The summed E-state index contributed by atoms with van der Waals surface area (Å²) >= 11 is 11.8. The van der Waals surface area contributed by atoms with Gasteiger partial charge in [-0.2, -0.15) is 0 Å². The summed E-state index contributed by atoms with van der Waals surface area (Å²) < 4.78 is 0. The van der Waals surface area contributed by atoms with Crippen LogP contribution in [0.15, 0.2) is 18.2 Å². The Kier molecular flexibility index (Phi) is 6.30. The van der Waals surface area contributed by atoms with Crippen molar-refractivity contribution in [2.45, 2.75) is 33.4 Å². The molecular weight excluding hydrogens is 299 g/mol. The van der Waals surface area contributed by atoms with Gasteiger partial charge in [0, 0.05) is 23.5 Å². The number of nitrogens with one attached hydrogen (secondary N) is 2. The molecule has 2 amide bonds. The van der Waals surface area contributed by atoms with E-state index in [0.717, 1.165) is 5.56 Å². The number of hydrogen-bond donors (Lipinski definition) is 2. The summed E-state index contributed by atoms with van der Waals surface area (Å²) in [6.07, 6.45) is 0. The average molecular weight is 317 g/mol. The fraction of sp³-hybridized carbons (Fsp3) is 0.429. The van der Waals surface area contributed by atoms with Gasteiger partial charge >= 0.3 is 0 Å². The molecule has 0 saturated heterocycles. The Morgan fingerprint density at radius 1 is 1.25 bits per heavy atom. The topological polar surface area (TPSA) is 58.2 Å². The lowest BCUT2D eigenvalue weighted by Crippen LogP contribution is -2.48. The zero-order valence-electron chi connectivity index (χ0n) is 11.7. The van der Waals surface area contributed by atoms with Gasteiger partial charge in [-0.15, -0.1) is 0 Å². The van der Waals surface area contributed by atoms with Gasteiger partial charge in [0.15, 0.2) is 0 Å². The molecule has 0 bridgehead atoms. The zero-order valence-corrected chi connectivity index (χ0v) is 13.2. The molecule has 0 aliphatic carbocycles. The largest absolute Gasteiger partial charge is 0.350 e. The van der Waals surface area contributed by atoms with Gasteiger partial charge in [-0.25, -0.2) is 0 Å². The summed E-state index contributed by atoms with van der Waals surface area (Å²) in [5.74, 6) is -0.468. The predicted octanol–water partition coefficient (Wildman–Crippen LogP) is 2.77. The number of amides is 2. The second-order valence-corrected chi connectivity index (χ2v) is 5.72. The van der Waals surface area contributed by atoms with Crippen LogP contribution in [0.3, 0.4) is 0 Å². The number of halogens is 2. The molecule has 6 heteroatoms. The van der Waals surface area contributed by atoms with E-state index in [1.807, 2.05) is 13.8 Å². The van der Waals surface area contributed by atoms with Gasteiger partial charge in [-0.05, 0) is 23.6 Å². The Hall–Kier alpha value is -1.26. The van der Waals surface area contributed by atoms with E-state index in [9.17, 15) is 9.59 Å². The number of benzene rings is 1. The summed E-state index contributed by atoms with van der Waals surface area (Å²) in [7, 11) is 0. The Morgan fingerprint density at radius 2 is 1.90 bits per heavy atom. The first-order valence-corrected chi connectivity index (χ1v) is 7.05. The van der Waals surface area contributed by atoms with E-state index < -0.39 is 6.04 Å². The number of rotatable bonds is 5. The molecule has 0 aliphatic rings. The molecule has 20 heavy (non-hydrogen) atoms. The molecule has 110 valence electrons. The van der Waals surface area contributed by atoms with Crippen LogP contribution in [0, 0.1) is 5.92 Å². The Morgan fingerprint density at radius 3 is 2.40 bits per heavy atom. The minimum Gasteiger partial charge on any atom is -0.350 e. The van der Waals surface area contributed by atoms with Crippen molar-refractivity contribution in [3.8, 4) is 0 Å². The molecule has 1 atom stereocenters. The summed E-state index contributed by atoms with van der Waals surface area (Å²) in [5.41, 5.74) is 0.773. The highest BCUT2D eigenvalue weighted by atomic mass is 35.5. The third-order valence-corrected chi connectivity index (χ3v) is 3.36. The van der Waals surface area contributed by atoms with Gasteiger partial charge in [0.25, 0.3) is 0 Å². The SMILES string of the molecule is CC(=O)N[C@H](C(=O)NCc1ccc(Cl)cc1Cl)C(C)C. The van der Waals surface area contributed by atoms with Crippen LogP contribution in [0.2, 0.25) is 10.0 Å². The van der Waals surface area contributed by atoms with E-state index in [0.29, 0.717) is 10.0 Å². The third-order valence-electron chi connectivity index (χ3n) is 2.78. The molecule has 2 N–H and O–H groups in total. The smallest absolute Gasteiger partial charge is 0.243 e. The molecule has 0 aromatic heterocycles. The first-order chi connectivity index (χ1) is 9.31. The van der Waals surface area contributed by atoms with Gasteiger partial charge in [0.05, 0.1) is 0 Å². The van der Waals surface area contributed by atoms with E-state index in [2.05, 4.69) is 10.6 Å². The Bertz CT molecular complexity index is 504. The van der Waals surface area contributed by atoms with Crippen LogP contribution in [0.1, 0.15) is 26.3 Å². The van der Waals surface area contributed by atoms with E-state index >= 15 is 0 Å². The van der Waals surface area contributed by atoms with Gasteiger partial charge in [-0.3, -0.25) is 9.59 Å². The summed E-state index contributed by atoms with van der Waals surface area (Å²) in [6.45, 7) is 5.42. The van der Waals surface area contributed by atoms with Crippen LogP contribution in [0.4, 0.5) is 0 Å².